The van der Waals surface area contributed by atoms with Gasteiger partial charge in [-0.3, -0.25) is 9.59 Å². The van der Waals surface area contributed by atoms with Crippen molar-refractivity contribution in [2.75, 3.05) is 13.1 Å². The molecular formula is C11H20N2O2. The van der Waals surface area contributed by atoms with Crippen LogP contribution in [0.2, 0.25) is 0 Å². The molecule has 1 spiro atoms. The molecule has 15 heavy (non-hydrogen) atoms. The first-order chi connectivity index (χ1) is 7.23. The zero-order valence-electron chi connectivity index (χ0n) is 9.56. The van der Waals surface area contributed by atoms with Crippen LogP contribution in [0.1, 0.15) is 39.5 Å². The van der Waals surface area contributed by atoms with Crippen LogP contribution in [0.3, 0.4) is 0 Å². The minimum atomic E-state index is -0.424. The van der Waals surface area contributed by atoms with Gasteiger partial charge in [-0.15, -0.1) is 0 Å². The molecule has 0 aromatic rings. The number of rotatable bonds is 0. The van der Waals surface area contributed by atoms with Gasteiger partial charge in [0.2, 0.25) is 5.91 Å². The fourth-order valence-electron chi connectivity index (χ4n) is 2.09. The number of amides is 1. The second-order valence-corrected chi connectivity index (χ2v) is 3.80. The maximum atomic E-state index is 11.6. The number of nitrogens with one attached hydrogen (secondary N) is 2. The fraction of sp³-hybridized carbons (Fsp3) is 0.818. The third kappa shape index (κ3) is 2.56. The summed E-state index contributed by atoms with van der Waals surface area (Å²) in [6.07, 6.45) is 2.41. The van der Waals surface area contributed by atoms with Crippen LogP contribution in [0, 0.1) is 0 Å². The first-order valence-corrected chi connectivity index (χ1v) is 5.78. The topological polar surface area (TPSA) is 58.2 Å². The van der Waals surface area contributed by atoms with Crippen LogP contribution in [-0.4, -0.2) is 30.3 Å². The lowest BCUT2D eigenvalue weighted by atomic mass is 9.79. The van der Waals surface area contributed by atoms with E-state index in [9.17, 15) is 9.59 Å². The molecule has 1 aliphatic heterocycles. The Morgan fingerprint density at radius 1 is 1.07 bits per heavy atom. The molecule has 1 saturated carbocycles. The molecule has 0 unspecified atom stereocenters. The molecule has 0 radical (unpaired) electrons. The van der Waals surface area contributed by atoms with Crippen LogP contribution in [-0.2, 0) is 9.59 Å². The number of piperazine rings is 1. The summed E-state index contributed by atoms with van der Waals surface area (Å²) in [4.78, 5) is 22.6. The second kappa shape index (κ2) is 5.26. The molecular weight excluding hydrogens is 192 g/mol. The molecule has 0 aromatic carbocycles. The molecule has 2 fully saturated rings. The molecule has 1 saturated heterocycles. The van der Waals surface area contributed by atoms with Crippen LogP contribution >= 0.6 is 0 Å². The Labute approximate surface area is 90.8 Å². The number of hydrogen-bond acceptors (Lipinski definition) is 3. The number of carbonyl (C=O) groups is 2. The summed E-state index contributed by atoms with van der Waals surface area (Å²) in [5.41, 5.74) is -0.424. The average Bonchev–Trinajstić information content (AvgIpc) is 2.29. The van der Waals surface area contributed by atoms with Gasteiger partial charge in [0.15, 0.2) is 0 Å². The van der Waals surface area contributed by atoms with Crippen molar-refractivity contribution in [3.63, 3.8) is 0 Å². The maximum Gasteiger partial charge on any atom is 0.240 e. The van der Waals surface area contributed by atoms with Gasteiger partial charge in [-0.05, 0) is 12.8 Å². The molecule has 4 nitrogen and oxygen atoms in total. The highest BCUT2D eigenvalue weighted by molar-refractivity contribution is 5.90. The normalized spacial score (nSPS) is 24.1. The molecule has 0 atom stereocenters. The molecule has 2 rings (SSSR count). The van der Waals surface area contributed by atoms with E-state index in [0.29, 0.717) is 32.2 Å². The summed E-state index contributed by atoms with van der Waals surface area (Å²) >= 11 is 0. The highest BCUT2D eigenvalue weighted by atomic mass is 16.2. The van der Waals surface area contributed by atoms with E-state index in [1.807, 2.05) is 13.8 Å². The lowest BCUT2D eigenvalue weighted by Crippen LogP contribution is -2.64. The van der Waals surface area contributed by atoms with E-state index in [2.05, 4.69) is 10.6 Å². The van der Waals surface area contributed by atoms with Gasteiger partial charge in [-0.25, -0.2) is 0 Å². The highest BCUT2D eigenvalue weighted by Crippen LogP contribution is 2.27. The lowest BCUT2D eigenvalue weighted by molar-refractivity contribution is -0.133. The fourth-order valence-corrected chi connectivity index (χ4v) is 2.09. The van der Waals surface area contributed by atoms with E-state index in [-0.39, 0.29) is 11.7 Å². The quantitative estimate of drug-likeness (QED) is 0.618. The summed E-state index contributed by atoms with van der Waals surface area (Å²) in [5, 5.41) is 6.09. The number of carbonyl (C=O) groups excluding carboxylic acids is 2. The average molecular weight is 212 g/mol. The summed E-state index contributed by atoms with van der Waals surface area (Å²) in [5.74, 6) is 0.358. The highest BCUT2D eigenvalue weighted by Gasteiger charge is 2.42. The Hall–Kier alpha value is -0.900. The zero-order chi connectivity index (χ0) is 11.3. The van der Waals surface area contributed by atoms with Gasteiger partial charge in [-0.1, -0.05) is 13.8 Å². The van der Waals surface area contributed by atoms with Crippen molar-refractivity contribution in [2.45, 2.75) is 45.1 Å². The second-order valence-electron chi connectivity index (χ2n) is 3.80. The Bertz CT molecular complexity index is 241. The number of Topliss-reactive ketones (excluding diaryl/α,β-unsaturated/α-hetero) is 1. The van der Waals surface area contributed by atoms with Crippen LogP contribution in [0.15, 0.2) is 0 Å². The van der Waals surface area contributed by atoms with Gasteiger partial charge in [0.1, 0.15) is 5.78 Å². The minimum Gasteiger partial charge on any atom is -0.353 e. The zero-order valence-corrected chi connectivity index (χ0v) is 9.56. The van der Waals surface area contributed by atoms with E-state index in [0.717, 1.165) is 6.54 Å². The Balaban J connectivity index is 0.000000531. The molecule has 1 amide bonds. The van der Waals surface area contributed by atoms with E-state index in [1.54, 1.807) is 0 Å². The van der Waals surface area contributed by atoms with Crippen molar-refractivity contribution in [2.24, 2.45) is 0 Å². The van der Waals surface area contributed by atoms with Gasteiger partial charge < -0.3 is 10.6 Å². The van der Waals surface area contributed by atoms with Gasteiger partial charge in [0.05, 0.1) is 5.54 Å². The van der Waals surface area contributed by atoms with Gasteiger partial charge >= 0.3 is 0 Å². The van der Waals surface area contributed by atoms with Gasteiger partial charge in [-0.2, -0.15) is 0 Å². The molecule has 0 aromatic heterocycles. The lowest BCUT2D eigenvalue weighted by Gasteiger charge is -2.39. The first kappa shape index (κ1) is 12.2. The summed E-state index contributed by atoms with van der Waals surface area (Å²) in [6.45, 7) is 5.52. The van der Waals surface area contributed by atoms with Crippen LogP contribution in [0.5, 0.6) is 0 Å². The molecule has 2 aliphatic rings. The van der Waals surface area contributed by atoms with Crippen LogP contribution in [0.4, 0.5) is 0 Å². The van der Waals surface area contributed by atoms with E-state index >= 15 is 0 Å². The van der Waals surface area contributed by atoms with Crippen molar-refractivity contribution in [1.82, 2.24) is 10.6 Å². The van der Waals surface area contributed by atoms with Gasteiger partial charge in [0, 0.05) is 25.9 Å². The smallest absolute Gasteiger partial charge is 0.240 e. The Morgan fingerprint density at radius 3 is 2.20 bits per heavy atom. The first-order valence-electron chi connectivity index (χ1n) is 5.78. The SMILES string of the molecule is CC.O=C1CCC2(CC1)NCCNC2=O. The van der Waals surface area contributed by atoms with Gasteiger partial charge in [0.25, 0.3) is 0 Å². The predicted octanol–water partition coefficient (Wildman–Crippen LogP) is 0.614. The van der Waals surface area contributed by atoms with Crippen LogP contribution < -0.4 is 10.6 Å². The van der Waals surface area contributed by atoms with Crippen molar-refractivity contribution >= 4 is 11.7 Å². The molecule has 0 bridgehead atoms. The van der Waals surface area contributed by atoms with E-state index in [4.69, 9.17) is 0 Å². The van der Waals surface area contributed by atoms with Crippen molar-refractivity contribution < 1.29 is 9.59 Å². The third-order valence-corrected chi connectivity index (χ3v) is 2.97. The summed E-state index contributed by atoms with van der Waals surface area (Å²) < 4.78 is 0. The largest absolute Gasteiger partial charge is 0.353 e. The van der Waals surface area contributed by atoms with Crippen molar-refractivity contribution in [3.05, 3.63) is 0 Å². The molecule has 4 heteroatoms. The van der Waals surface area contributed by atoms with E-state index in [1.165, 1.54) is 0 Å². The Kier molecular flexibility index (Phi) is 4.27. The van der Waals surface area contributed by atoms with Crippen LogP contribution in [0.25, 0.3) is 0 Å². The molecule has 1 aliphatic carbocycles. The van der Waals surface area contributed by atoms with Crippen molar-refractivity contribution in [1.29, 1.82) is 0 Å². The summed E-state index contributed by atoms with van der Waals surface area (Å²) in [6, 6.07) is 0. The minimum absolute atomic E-state index is 0.0752. The van der Waals surface area contributed by atoms with E-state index < -0.39 is 5.54 Å². The Morgan fingerprint density at radius 2 is 1.67 bits per heavy atom. The van der Waals surface area contributed by atoms with Crippen molar-refractivity contribution in [3.8, 4) is 0 Å². The summed E-state index contributed by atoms with van der Waals surface area (Å²) in [7, 11) is 0. The third-order valence-electron chi connectivity index (χ3n) is 2.97. The predicted molar refractivity (Wildman–Crippen MR) is 58.6 cm³/mol. The number of ketones is 1. The molecule has 1 heterocycles. The maximum absolute atomic E-state index is 11.6. The monoisotopic (exact) mass is 212 g/mol. The standard InChI is InChI=1S/C9H14N2O2.C2H6/c12-7-1-3-9(4-2-7)8(13)10-5-6-11-9;1-2/h11H,1-6H2,(H,10,13);1-2H3. The molecule has 86 valence electrons. The molecule has 2 N–H and O–H groups in total. The number of hydrogen-bond donors (Lipinski definition) is 2.